The van der Waals surface area contributed by atoms with Gasteiger partial charge in [0.1, 0.15) is 5.03 Å². The molecule has 1 aliphatic rings. The minimum Gasteiger partial charge on any atom is -0.469 e. The summed E-state index contributed by atoms with van der Waals surface area (Å²) in [7, 11) is 1.40. The topological polar surface area (TPSA) is 59.5 Å². The quantitative estimate of drug-likeness (QED) is 0.679. The van der Waals surface area contributed by atoms with Crippen molar-refractivity contribution in [2.24, 2.45) is 5.92 Å². The van der Waals surface area contributed by atoms with Gasteiger partial charge in [-0.2, -0.15) is 0 Å². The van der Waals surface area contributed by atoms with Crippen LogP contribution in [0, 0.1) is 5.92 Å². The molecular formula is C19H19BrN2O3S. The molecule has 1 aromatic carbocycles. The number of hydrogen-bond donors (Lipinski definition) is 0. The number of nitrogens with zero attached hydrogens (tertiary/aromatic N) is 2. The zero-order chi connectivity index (χ0) is 18.5. The number of ether oxygens (including phenoxy) is 1. The molecular weight excluding hydrogens is 416 g/mol. The van der Waals surface area contributed by atoms with Gasteiger partial charge in [-0.3, -0.25) is 9.59 Å². The number of carbonyl (C=O) groups excluding carboxylic acids is 2. The Bertz CT molecular complexity index is 790. The SMILES string of the molecule is COC(=O)C1CCN(C(=O)c2cccnc2Sc2ccc(Br)cc2)CC1. The summed E-state index contributed by atoms with van der Waals surface area (Å²) in [5.74, 6) is -0.347. The van der Waals surface area contributed by atoms with E-state index in [0.29, 0.717) is 36.5 Å². The van der Waals surface area contributed by atoms with E-state index in [1.54, 1.807) is 17.2 Å². The summed E-state index contributed by atoms with van der Waals surface area (Å²) in [6.45, 7) is 1.10. The fraction of sp³-hybridized carbons (Fsp3) is 0.316. The number of likely N-dealkylation sites (tertiary alicyclic amines) is 1. The van der Waals surface area contributed by atoms with Crippen molar-refractivity contribution in [3.8, 4) is 0 Å². The van der Waals surface area contributed by atoms with Gasteiger partial charge in [0.2, 0.25) is 0 Å². The number of benzene rings is 1. The number of hydrogen-bond acceptors (Lipinski definition) is 5. The number of carbonyl (C=O) groups is 2. The molecule has 1 saturated heterocycles. The van der Waals surface area contributed by atoms with Crippen molar-refractivity contribution in [3.63, 3.8) is 0 Å². The summed E-state index contributed by atoms with van der Waals surface area (Å²) < 4.78 is 5.81. The Morgan fingerprint density at radius 3 is 2.54 bits per heavy atom. The van der Waals surface area contributed by atoms with Gasteiger partial charge in [0.05, 0.1) is 18.6 Å². The van der Waals surface area contributed by atoms with Crippen LogP contribution in [0.1, 0.15) is 23.2 Å². The molecule has 2 heterocycles. The second-order valence-electron chi connectivity index (χ2n) is 6.00. The van der Waals surface area contributed by atoms with Crippen molar-refractivity contribution in [1.82, 2.24) is 9.88 Å². The molecule has 26 heavy (non-hydrogen) atoms. The third-order valence-corrected chi connectivity index (χ3v) is 5.90. The second kappa shape index (κ2) is 8.68. The van der Waals surface area contributed by atoms with Gasteiger partial charge in [0.15, 0.2) is 0 Å². The van der Waals surface area contributed by atoms with Crippen LogP contribution in [0.3, 0.4) is 0 Å². The van der Waals surface area contributed by atoms with Crippen LogP contribution in [-0.4, -0.2) is 42.0 Å². The molecule has 136 valence electrons. The van der Waals surface area contributed by atoms with E-state index in [9.17, 15) is 9.59 Å². The van der Waals surface area contributed by atoms with Crippen LogP contribution >= 0.6 is 27.7 Å². The van der Waals surface area contributed by atoms with Gasteiger partial charge in [-0.1, -0.05) is 27.7 Å². The molecule has 1 fully saturated rings. The molecule has 1 amide bonds. The van der Waals surface area contributed by atoms with Gasteiger partial charge in [-0.05, 0) is 49.2 Å². The van der Waals surface area contributed by atoms with Crippen molar-refractivity contribution in [1.29, 1.82) is 0 Å². The molecule has 3 rings (SSSR count). The van der Waals surface area contributed by atoms with E-state index in [2.05, 4.69) is 20.9 Å². The maximum atomic E-state index is 13.0. The Balaban J connectivity index is 1.72. The Morgan fingerprint density at radius 1 is 1.19 bits per heavy atom. The van der Waals surface area contributed by atoms with E-state index in [-0.39, 0.29) is 17.8 Å². The average molecular weight is 435 g/mol. The number of rotatable bonds is 4. The zero-order valence-corrected chi connectivity index (χ0v) is 16.8. The number of amides is 1. The number of aromatic nitrogens is 1. The first-order valence-electron chi connectivity index (χ1n) is 8.34. The van der Waals surface area contributed by atoms with Crippen LogP contribution in [0.15, 0.2) is 57.0 Å². The Hall–Kier alpha value is -1.86. The summed E-state index contributed by atoms with van der Waals surface area (Å²) in [5.41, 5.74) is 0.594. The van der Waals surface area contributed by atoms with Crippen LogP contribution in [-0.2, 0) is 9.53 Å². The summed E-state index contributed by atoms with van der Waals surface area (Å²) >= 11 is 4.89. The van der Waals surface area contributed by atoms with Crippen LogP contribution in [0.2, 0.25) is 0 Å². The maximum absolute atomic E-state index is 13.0. The number of pyridine rings is 1. The summed E-state index contributed by atoms with van der Waals surface area (Å²) in [5, 5.41) is 0.690. The Morgan fingerprint density at radius 2 is 1.88 bits per heavy atom. The summed E-state index contributed by atoms with van der Waals surface area (Å²) in [6, 6.07) is 11.5. The number of halogens is 1. The predicted octanol–water partition coefficient (Wildman–Crippen LogP) is 4.02. The lowest BCUT2D eigenvalue weighted by Gasteiger charge is -2.31. The van der Waals surface area contributed by atoms with Gasteiger partial charge in [-0.15, -0.1) is 0 Å². The van der Waals surface area contributed by atoms with Gasteiger partial charge in [-0.25, -0.2) is 4.98 Å². The van der Waals surface area contributed by atoms with Crippen LogP contribution < -0.4 is 0 Å². The lowest BCUT2D eigenvalue weighted by atomic mass is 9.96. The molecule has 0 N–H and O–H groups in total. The van der Waals surface area contributed by atoms with E-state index in [4.69, 9.17) is 4.74 Å². The molecule has 0 spiro atoms. The predicted molar refractivity (Wildman–Crippen MR) is 103 cm³/mol. The smallest absolute Gasteiger partial charge is 0.308 e. The maximum Gasteiger partial charge on any atom is 0.308 e. The van der Waals surface area contributed by atoms with Crippen molar-refractivity contribution in [3.05, 3.63) is 52.6 Å². The summed E-state index contributed by atoms with van der Waals surface area (Å²) in [4.78, 5) is 31.8. The number of esters is 1. The summed E-state index contributed by atoms with van der Waals surface area (Å²) in [6.07, 6.45) is 2.96. The Labute approximate surface area is 165 Å². The second-order valence-corrected chi connectivity index (χ2v) is 7.98. The van der Waals surface area contributed by atoms with E-state index in [0.717, 1.165) is 9.37 Å². The molecule has 1 aliphatic heterocycles. The molecule has 0 aliphatic carbocycles. The molecule has 0 saturated carbocycles. The van der Waals surface area contributed by atoms with E-state index in [1.165, 1.54) is 18.9 Å². The lowest BCUT2D eigenvalue weighted by molar-refractivity contribution is -0.146. The average Bonchev–Trinajstić information content (AvgIpc) is 2.69. The van der Waals surface area contributed by atoms with Gasteiger partial charge in [0.25, 0.3) is 5.91 Å². The lowest BCUT2D eigenvalue weighted by Crippen LogP contribution is -2.40. The molecule has 0 radical (unpaired) electrons. The van der Waals surface area contributed by atoms with Gasteiger partial charge in [0, 0.05) is 28.7 Å². The van der Waals surface area contributed by atoms with Crippen LogP contribution in [0.25, 0.3) is 0 Å². The van der Waals surface area contributed by atoms with Crippen molar-refractivity contribution < 1.29 is 14.3 Å². The van der Waals surface area contributed by atoms with Crippen molar-refractivity contribution >= 4 is 39.6 Å². The molecule has 0 bridgehead atoms. The molecule has 5 nitrogen and oxygen atoms in total. The van der Waals surface area contributed by atoms with Crippen LogP contribution in [0.4, 0.5) is 0 Å². The van der Waals surface area contributed by atoms with Crippen molar-refractivity contribution in [2.45, 2.75) is 22.8 Å². The normalized spacial score (nSPS) is 14.9. The van der Waals surface area contributed by atoms with Crippen molar-refractivity contribution in [2.75, 3.05) is 20.2 Å². The first kappa shape index (κ1) is 18.9. The molecule has 0 unspecified atom stereocenters. The highest BCUT2D eigenvalue weighted by atomic mass is 79.9. The highest BCUT2D eigenvalue weighted by Crippen LogP contribution is 2.31. The highest BCUT2D eigenvalue weighted by molar-refractivity contribution is 9.10. The highest BCUT2D eigenvalue weighted by Gasteiger charge is 2.29. The zero-order valence-electron chi connectivity index (χ0n) is 14.4. The van der Waals surface area contributed by atoms with Crippen LogP contribution in [0.5, 0.6) is 0 Å². The number of methoxy groups -OCH3 is 1. The van der Waals surface area contributed by atoms with Gasteiger partial charge >= 0.3 is 5.97 Å². The molecule has 1 aromatic heterocycles. The number of piperidine rings is 1. The van der Waals surface area contributed by atoms with E-state index in [1.807, 2.05) is 30.3 Å². The fourth-order valence-corrected chi connectivity index (χ4v) is 4.04. The minimum atomic E-state index is -0.190. The van der Waals surface area contributed by atoms with Gasteiger partial charge < -0.3 is 9.64 Å². The first-order valence-corrected chi connectivity index (χ1v) is 9.95. The molecule has 7 heteroatoms. The first-order chi connectivity index (χ1) is 12.6. The Kier molecular flexibility index (Phi) is 6.32. The fourth-order valence-electron chi connectivity index (χ4n) is 2.90. The minimum absolute atomic E-state index is 0.0407. The molecule has 2 aromatic rings. The standard InChI is InChI=1S/C19H19BrN2O3S/c1-25-19(24)13-8-11-22(12-9-13)18(23)16-3-2-10-21-17(16)26-15-6-4-14(20)5-7-15/h2-7,10,13H,8-9,11-12H2,1H3. The largest absolute Gasteiger partial charge is 0.469 e. The van der Waals surface area contributed by atoms with E-state index < -0.39 is 0 Å². The molecule has 0 atom stereocenters. The third-order valence-electron chi connectivity index (χ3n) is 4.35. The monoisotopic (exact) mass is 434 g/mol. The third kappa shape index (κ3) is 4.45. The van der Waals surface area contributed by atoms with E-state index >= 15 is 0 Å².